The van der Waals surface area contributed by atoms with Crippen molar-refractivity contribution in [3.05, 3.63) is 42.1 Å². The van der Waals surface area contributed by atoms with Crippen molar-refractivity contribution in [1.29, 1.82) is 0 Å². The van der Waals surface area contributed by atoms with Crippen molar-refractivity contribution >= 4 is 0 Å². The number of aliphatic hydroxyl groups excluding tert-OH is 1. The van der Waals surface area contributed by atoms with Gasteiger partial charge in [0.25, 0.3) is 0 Å². The molecule has 0 unspecified atom stereocenters. The summed E-state index contributed by atoms with van der Waals surface area (Å²) in [6, 6.07) is 5.88. The molecule has 0 aliphatic heterocycles. The van der Waals surface area contributed by atoms with Crippen molar-refractivity contribution in [2.24, 2.45) is 0 Å². The Balaban J connectivity index is 0.000000637. The molecule has 4 nitrogen and oxygen atoms in total. The molecule has 2 aromatic rings. The monoisotopic (exact) mass is 257 g/mol. The van der Waals surface area contributed by atoms with Crippen molar-refractivity contribution in [1.82, 2.24) is 15.0 Å². The second-order valence-electron chi connectivity index (χ2n) is 4.30. The van der Waals surface area contributed by atoms with Gasteiger partial charge in [-0.05, 0) is 31.0 Å². The van der Waals surface area contributed by atoms with Crippen LogP contribution in [0, 0.1) is 0 Å². The summed E-state index contributed by atoms with van der Waals surface area (Å²) in [4.78, 5) is 12.6. The fraction of sp³-hybridized carbons (Fsp3) is 0.400. The van der Waals surface area contributed by atoms with Gasteiger partial charge in [0.15, 0.2) is 0 Å². The Morgan fingerprint density at radius 1 is 1.16 bits per heavy atom. The van der Waals surface area contributed by atoms with Gasteiger partial charge in [-0.25, -0.2) is 9.97 Å². The quantitative estimate of drug-likeness (QED) is 0.918. The molecule has 19 heavy (non-hydrogen) atoms. The fourth-order valence-electron chi connectivity index (χ4n) is 1.82. The summed E-state index contributed by atoms with van der Waals surface area (Å²) < 4.78 is 0. The zero-order valence-corrected chi connectivity index (χ0v) is 11.4. The van der Waals surface area contributed by atoms with Crippen LogP contribution in [0.15, 0.2) is 30.7 Å². The van der Waals surface area contributed by atoms with Gasteiger partial charge in [0.1, 0.15) is 6.33 Å². The average Bonchev–Trinajstić information content (AvgIpc) is 3.34. The second kappa shape index (κ2) is 6.38. The van der Waals surface area contributed by atoms with E-state index >= 15 is 0 Å². The fourth-order valence-corrected chi connectivity index (χ4v) is 1.82. The molecule has 0 bridgehead atoms. The molecular weight excluding hydrogens is 238 g/mol. The van der Waals surface area contributed by atoms with Crippen LogP contribution in [0.1, 0.15) is 44.0 Å². The minimum absolute atomic E-state index is 0.0664. The third-order valence-electron chi connectivity index (χ3n) is 2.96. The minimum atomic E-state index is -0.0664. The molecular formula is C15H19N3O. The van der Waals surface area contributed by atoms with Crippen molar-refractivity contribution in [2.45, 2.75) is 39.2 Å². The number of aromatic nitrogens is 3. The van der Waals surface area contributed by atoms with Crippen LogP contribution in [0.5, 0.6) is 0 Å². The Kier molecular flexibility index (Phi) is 4.58. The SMILES string of the molecule is CC.OCc1cc(-c2ccc(C3CC3)nc2)ncn1. The molecule has 1 aliphatic rings. The molecule has 0 atom stereocenters. The molecule has 1 saturated carbocycles. The van der Waals surface area contributed by atoms with E-state index in [1.54, 1.807) is 6.07 Å². The summed E-state index contributed by atoms with van der Waals surface area (Å²) in [5.74, 6) is 0.669. The first-order valence-electron chi connectivity index (χ1n) is 6.75. The first-order valence-corrected chi connectivity index (χ1v) is 6.75. The van der Waals surface area contributed by atoms with Crippen LogP contribution in [0.3, 0.4) is 0 Å². The predicted octanol–water partition coefficient (Wildman–Crippen LogP) is 2.93. The van der Waals surface area contributed by atoms with E-state index < -0.39 is 0 Å². The number of hydrogen-bond acceptors (Lipinski definition) is 4. The smallest absolute Gasteiger partial charge is 0.116 e. The Hall–Kier alpha value is -1.81. The molecule has 1 fully saturated rings. The highest BCUT2D eigenvalue weighted by Crippen LogP contribution is 2.39. The average molecular weight is 257 g/mol. The van der Waals surface area contributed by atoms with Crippen molar-refractivity contribution in [3.8, 4) is 11.3 Å². The van der Waals surface area contributed by atoms with Crippen molar-refractivity contribution < 1.29 is 5.11 Å². The Labute approximate surface area is 113 Å². The van der Waals surface area contributed by atoms with Gasteiger partial charge in [0, 0.05) is 23.4 Å². The van der Waals surface area contributed by atoms with Crippen LogP contribution in [0.4, 0.5) is 0 Å². The van der Waals surface area contributed by atoms with Gasteiger partial charge >= 0.3 is 0 Å². The molecule has 2 aromatic heterocycles. The third kappa shape index (κ3) is 3.35. The Bertz CT molecular complexity index is 521. The van der Waals surface area contributed by atoms with Crippen LogP contribution < -0.4 is 0 Å². The van der Waals surface area contributed by atoms with E-state index in [1.807, 2.05) is 26.1 Å². The van der Waals surface area contributed by atoms with E-state index in [1.165, 1.54) is 24.9 Å². The van der Waals surface area contributed by atoms with Crippen molar-refractivity contribution in [3.63, 3.8) is 0 Å². The first-order chi connectivity index (χ1) is 9.36. The van der Waals surface area contributed by atoms with Gasteiger partial charge in [-0.3, -0.25) is 4.98 Å². The van der Waals surface area contributed by atoms with Crippen LogP contribution in [0.2, 0.25) is 0 Å². The van der Waals surface area contributed by atoms with Crippen LogP contribution >= 0.6 is 0 Å². The maximum absolute atomic E-state index is 9.03. The zero-order chi connectivity index (χ0) is 13.7. The molecule has 2 heterocycles. The highest BCUT2D eigenvalue weighted by atomic mass is 16.3. The van der Waals surface area contributed by atoms with E-state index in [9.17, 15) is 0 Å². The number of aliphatic hydroxyl groups is 1. The summed E-state index contributed by atoms with van der Waals surface area (Å²) in [5.41, 5.74) is 3.57. The van der Waals surface area contributed by atoms with E-state index in [0.29, 0.717) is 11.6 Å². The molecule has 4 heteroatoms. The summed E-state index contributed by atoms with van der Waals surface area (Å²) in [7, 11) is 0. The van der Waals surface area contributed by atoms with Gasteiger partial charge in [0.05, 0.1) is 18.0 Å². The summed E-state index contributed by atoms with van der Waals surface area (Å²) in [5, 5.41) is 9.03. The number of rotatable bonds is 3. The molecule has 0 radical (unpaired) electrons. The molecule has 0 saturated heterocycles. The van der Waals surface area contributed by atoms with Crippen LogP contribution in [-0.2, 0) is 6.61 Å². The lowest BCUT2D eigenvalue weighted by Gasteiger charge is -2.03. The lowest BCUT2D eigenvalue weighted by Crippen LogP contribution is -1.93. The second-order valence-corrected chi connectivity index (χ2v) is 4.30. The Morgan fingerprint density at radius 3 is 2.53 bits per heavy atom. The lowest BCUT2D eigenvalue weighted by molar-refractivity contribution is 0.276. The largest absolute Gasteiger partial charge is 0.390 e. The first kappa shape index (κ1) is 13.6. The van der Waals surface area contributed by atoms with E-state index in [2.05, 4.69) is 21.0 Å². The Morgan fingerprint density at radius 2 is 1.95 bits per heavy atom. The van der Waals surface area contributed by atoms with Gasteiger partial charge in [-0.2, -0.15) is 0 Å². The van der Waals surface area contributed by atoms with Gasteiger partial charge in [0.2, 0.25) is 0 Å². The predicted molar refractivity (Wildman–Crippen MR) is 74.5 cm³/mol. The normalized spacial score (nSPS) is 13.6. The highest BCUT2D eigenvalue weighted by Gasteiger charge is 2.24. The van der Waals surface area contributed by atoms with E-state index in [4.69, 9.17) is 5.11 Å². The standard InChI is InChI=1S/C13H13N3O.C2H6/c17-7-11-5-13(16-8-15-11)10-3-4-12(14-6-10)9-1-2-9;1-2/h3-6,8-9,17H,1-2,7H2;1-2H3. The summed E-state index contributed by atoms with van der Waals surface area (Å²) in [6.45, 7) is 3.93. The maximum atomic E-state index is 9.03. The van der Waals surface area contributed by atoms with E-state index in [-0.39, 0.29) is 6.61 Å². The van der Waals surface area contributed by atoms with Crippen LogP contribution in [-0.4, -0.2) is 20.1 Å². The maximum Gasteiger partial charge on any atom is 0.116 e. The number of pyridine rings is 1. The van der Waals surface area contributed by atoms with Gasteiger partial charge < -0.3 is 5.11 Å². The topological polar surface area (TPSA) is 58.9 Å². The van der Waals surface area contributed by atoms with Crippen LogP contribution in [0.25, 0.3) is 11.3 Å². The number of hydrogen-bond donors (Lipinski definition) is 1. The molecule has 1 N–H and O–H groups in total. The minimum Gasteiger partial charge on any atom is -0.390 e. The molecule has 3 rings (SSSR count). The molecule has 100 valence electrons. The van der Waals surface area contributed by atoms with Gasteiger partial charge in [-0.15, -0.1) is 0 Å². The van der Waals surface area contributed by atoms with Crippen molar-refractivity contribution in [2.75, 3.05) is 0 Å². The third-order valence-corrected chi connectivity index (χ3v) is 2.96. The molecule has 0 aromatic carbocycles. The highest BCUT2D eigenvalue weighted by molar-refractivity contribution is 5.57. The molecule has 1 aliphatic carbocycles. The molecule has 0 spiro atoms. The van der Waals surface area contributed by atoms with E-state index in [0.717, 1.165) is 11.3 Å². The molecule has 0 amide bonds. The number of nitrogens with zero attached hydrogens (tertiary/aromatic N) is 3. The van der Waals surface area contributed by atoms with Gasteiger partial charge in [-0.1, -0.05) is 13.8 Å². The summed E-state index contributed by atoms with van der Waals surface area (Å²) in [6.07, 6.45) is 5.83. The zero-order valence-electron chi connectivity index (χ0n) is 11.4. The summed E-state index contributed by atoms with van der Waals surface area (Å²) >= 11 is 0. The lowest BCUT2D eigenvalue weighted by atomic mass is 10.1.